The van der Waals surface area contributed by atoms with Gasteiger partial charge >= 0.3 is 5.97 Å². The van der Waals surface area contributed by atoms with Crippen LogP contribution in [0.3, 0.4) is 0 Å². The van der Waals surface area contributed by atoms with Gasteiger partial charge in [0.05, 0.1) is 28.8 Å². The second-order valence-electron chi connectivity index (χ2n) is 5.39. The van der Waals surface area contributed by atoms with Crippen molar-refractivity contribution >= 4 is 35.1 Å². The van der Waals surface area contributed by atoms with Crippen molar-refractivity contribution in [3.8, 4) is 5.75 Å². The van der Waals surface area contributed by atoms with Gasteiger partial charge in [-0.25, -0.2) is 9.18 Å². The Kier molecular flexibility index (Phi) is 6.83. The van der Waals surface area contributed by atoms with E-state index in [9.17, 15) is 14.0 Å². The maximum absolute atomic E-state index is 13.6. The van der Waals surface area contributed by atoms with E-state index < -0.39 is 24.3 Å². The molecule has 5 nitrogen and oxygen atoms in total. The first-order valence-electron chi connectivity index (χ1n) is 7.56. The fraction of sp³-hybridized carbons (Fsp3) is 0.222. The third kappa shape index (κ3) is 5.09. The van der Waals surface area contributed by atoms with E-state index in [0.717, 1.165) is 11.6 Å². The molecule has 2 aromatic carbocycles. The van der Waals surface area contributed by atoms with Crippen molar-refractivity contribution in [3.05, 3.63) is 63.4 Å². The van der Waals surface area contributed by atoms with Gasteiger partial charge in [0.15, 0.2) is 18.2 Å². The minimum atomic E-state index is -0.816. The molecule has 0 spiro atoms. The van der Waals surface area contributed by atoms with Gasteiger partial charge in [-0.15, -0.1) is 0 Å². The summed E-state index contributed by atoms with van der Waals surface area (Å²) >= 11 is 11.8. The summed E-state index contributed by atoms with van der Waals surface area (Å²) in [4.78, 5) is 23.8. The summed E-state index contributed by atoms with van der Waals surface area (Å²) in [6, 6.07) is 8.26. The lowest BCUT2D eigenvalue weighted by Gasteiger charge is -2.15. The van der Waals surface area contributed by atoms with E-state index in [1.165, 1.54) is 19.2 Å². The molecule has 1 N–H and O–H groups in total. The standard InChI is InChI=1S/C18H16Cl2FNO4/c1-10(11-3-5-13(19)14(20)7-11)22-17(23)9-26-18(24)12-4-6-16(25-2)15(21)8-12/h3-8,10H,9H2,1-2H3,(H,22,23)/t10-/m1/s1. The molecule has 0 fully saturated rings. The van der Waals surface area contributed by atoms with E-state index in [2.05, 4.69) is 5.32 Å². The summed E-state index contributed by atoms with van der Waals surface area (Å²) in [5.74, 6) is -2.01. The summed E-state index contributed by atoms with van der Waals surface area (Å²) in [7, 11) is 1.32. The molecule has 0 saturated carbocycles. The van der Waals surface area contributed by atoms with Crippen molar-refractivity contribution in [1.29, 1.82) is 0 Å². The number of hydrogen-bond donors (Lipinski definition) is 1. The fourth-order valence-electron chi connectivity index (χ4n) is 2.16. The highest BCUT2D eigenvalue weighted by atomic mass is 35.5. The minimum absolute atomic E-state index is 0.00902. The quantitative estimate of drug-likeness (QED) is 0.740. The Morgan fingerprint density at radius 3 is 2.50 bits per heavy atom. The summed E-state index contributed by atoms with van der Waals surface area (Å²) in [5, 5.41) is 3.45. The molecule has 0 unspecified atom stereocenters. The first-order chi connectivity index (χ1) is 12.3. The first-order valence-corrected chi connectivity index (χ1v) is 8.32. The van der Waals surface area contributed by atoms with E-state index >= 15 is 0 Å². The zero-order valence-electron chi connectivity index (χ0n) is 14.0. The van der Waals surface area contributed by atoms with Crippen LogP contribution in [0.25, 0.3) is 0 Å². The molecule has 1 amide bonds. The lowest BCUT2D eigenvalue weighted by molar-refractivity contribution is -0.124. The van der Waals surface area contributed by atoms with Crippen LogP contribution in [0.2, 0.25) is 10.0 Å². The molecule has 0 aromatic heterocycles. The van der Waals surface area contributed by atoms with E-state index in [-0.39, 0.29) is 17.4 Å². The molecule has 0 aliphatic rings. The first kappa shape index (κ1) is 20.0. The Hall–Kier alpha value is -2.31. The molecule has 8 heteroatoms. The van der Waals surface area contributed by atoms with Gasteiger partial charge < -0.3 is 14.8 Å². The fourth-order valence-corrected chi connectivity index (χ4v) is 2.46. The smallest absolute Gasteiger partial charge is 0.338 e. The number of ether oxygens (including phenoxy) is 2. The topological polar surface area (TPSA) is 64.6 Å². The van der Waals surface area contributed by atoms with Crippen molar-refractivity contribution in [2.24, 2.45) is 0 Å². The Labute approximate surface area is 160 Å². The molecular formula is C18H16Cl2FNO4. The van der Waals surface area contributed by atoms with Gasteiger partial charge in [0.25, 0.3) is 5.91 Å². The van der Waals surface area contributed by atoms with Gasteiger partial charge in [-0.1, -0.05) is 29.3 Å². The largest absolute Gasteiger partial charge is 0.494 e. The zero-order valence-corrected chi connectivity index (χ0v) is 15.5. The van der Waals surface area contributed by atoms with Gasteiger partial charge in [0.2, 0.25) is 0 Å². The van der Waals surface area contributed by atoms with Crippen molar-refractivity contribution in [3.63, 3.8) is 0 Å². The molecule has 0 saturated heterocycles. The van der Waals surface area contributed by atoms with Crippen molar-refractivity contribution < 1.29 is 23.5 Å². The van der Waals surface area contributed by atoms with Crippen molar-refractivity contribution in [1.82, 2.24) is 5.32 Å². The second-order valence-corrected chi connectivity index (χ2v) is 6.20. The number of esters is 1. The molecule has 0 radical (unpaired) electrons. The normalized spacial score (nSPS) is 11.6. The van der Waals surface area contributed by atoms with Crippen LogP contribution in [0.15, 0.2) is 36.4 Å². The summed E-state index contributed by atoms with van der Waals surface area (Å²) in [6.45, 7) is 1.25. The predicted octanol–water partition coefficient (Wildman–Crippen LogP) is 4.18. The second kappa shape index (κ2) is 8.87. The van der Waals surface area contributed by atoms with Gasteiger partial charge in [-0.2, -0.15) is 0 Å². The Morgan fingerprint density at radius 1 is 1.15 bits per heavy atom. The number of carbonyl (C=O) groups is 2. The molecule has 138 valence electrons. The average Bonchev–Trinajstić information content (AvgIpc) is 2.61. The van der Waals surface area contributed by atoms with Crippen LogP contribution in [-0.4, -0.2) is 25.6 Å². The van der Waals surface area contributed by atoms with Crippen molar-refractivity contribution in [2.75, 3.05) is 13.7 Å². The molecule has 2 aromatic rings. The van der Waals surface area contributed by atoms with Crippen LogP contribution in [0, 0.1) is 5.82 Å². The SMILES string of the molecule is COc1ccc(C(=O)OCC(=O)N[C@H](C)c2ccc(Cl)c(Cl)c2)cc1F. The number of carbonyl (C=O) groups excluding carboxylic acids is 2. The molecule has 1 atom stereocenters. The molecule has 0 bridgehead atoms. The summed E-state index contributed by atoms with van der Waals surface area (Å²) < 4.78 is 23.3. The Bertz CT molecular complexity index is 829. The molecule has 0 heterocycles. The predicted molar refractivity (Wildman–Crippen MR) is 96.3 cm³/mol. The van der Waals surface area contributed by atoms with Crippen LogP contribution in [-0.2, 0) is 9.53 Å². The maximum atomic E-state index is 13.6. The lowest BCUT2D eigenvalue weighted by atomic mass is 10.1. The number of benzene rings is 2. The van der Waals surface area contributed by atoms with Crippen LogP contribution >= 0.6 is 23.2 Å². The maximum Gasteiger partial charge on any atom is 0.338 e. The minimum Gasteiger partial charge on any atom is -0.494 e. The number of halogens is 3. The summed E-state index contributed by atoms with van der Waals surface area (Å²) in [5.41, 5.74) is 0.727. The van der Waals surface area contributed by atoms with Crippen LogP contribution in [0.5, 0.6) is 5.75 Å². The molecule has 2 rings (SSSR count). The number of nitrogens with one attached hydrogen (secondary N) is 1. The van der Waals surface area contributed by atoms with Crippen LogP contribution in [0.4, 0.5) is 4.39 Å². The van der Waals surface area contributed by atoms with E-state index in [4.69, 9.17) is 32.7 Å². The van der Waals surface area contributed by atoms with E-state index in [0.29, 0.717) is 10.0 Å². The Morgan fingerprint density at radius 2 is 1.88 bits per heavy atom. The molecular weight excluding hydrogens is 384 g/mol. The number of amides is 1. The Balaban J connectivity index is 1.90. The zero-order chi connectivity index (χ0) is 19.3. The van der Waals surface area contributed by atoms with Crippen LogP contribution < -0.4 is 10.1 Å². The lowest BCUT2D eigenvalue weighted by Crippen LogP contribution is -2.31. The van der Waals surface area contributed by atoms with Crippen LogP contribution in [0.1, 0.15) is 28.9 Å². The molecule has 0 aliphatic carbocycles. The van der Waals surface area contributed by atoms with Gasteiger partial charge in [-0.3, -0.25) is 4.79 Å². The monoisotopic (exact) mass is 399 g/mol. The third-order valence-corrected chi connectivity index (χ3v) is 4.28. The highest BCUT2D eigenvalue weighted by Gasteiger charge is 2.15. The summed E-state index contributed by atoms with van der Waals surface area (Å²) in [6.07, 6.45) is 0. The number of rotatable bonds is 6. The highest BCUT2D eigenvalue weighted by Crippen LogP contribution is 2.25. The van der Waals surface area contributed by atoms with E-state index in [1.54, 1.807) is 25.1 Å². The molecule has 0 aliphatic heterocycles. The van der Waals surface area contributed by atoms with Crippen molar-refractivity contribution in [2.45, 2.75) is 13.0 Å². The van der Waals surface area contributed by atoms with Gasteiger partial charge in [-0.05, 0) is 42.8 Å². The van der Waals surface area contributed by atoms with Gasteiger partial charge in [0.1, 0.15) is 0 Å². The highest BCUT2D eigenvalue weighted by molar-refractivity contribution is 6.42. The third-order valence-electron chi connectivity index (χ3n) is 3.54. The molecule has 26 heavy (non-hydrogen) atoms. The van der Waals surface area contributed by atoms with E-state index in [1.807, 2.05) is 0 Å². The number of hydrogen-bond acceptors (Lipinski definition) is 4. The van der Waals surface area contributed by atoms with Gasteiger partial charge in [0, 0.05) is 0 Å². The number of methoxy groups -OCH3 is 1. The average molecular weight is 400 g/mol.